The summed E-state index contributed by atoms with van der Waals surface area (Å²) < 4.78 is 0. The average Bonchev–Trinajstić information content (AvgIpc) is 3.11. The van der Waals surface area contributed by atoms with Gasteiger partial charge in [-0.1, -0.05) is 80.6 Å². The van der Waals surface area contributed by atoms with E-state index in [1.807, 2.05) is 0 Å². The van der Waals surface area contributed by atoms with Crippen molar-refractivity contribution in [3.05, 3.63) is 125 Å². The molecule has 230 valence electrons. The topological polar surface area (TPSA) is 6.48 Å². The Balaban J connectivity index is 1.23. The molecule has 4 aliphatic carbocycles. The smallest absolute Gasteiger partial charge is 0.252 e. The van der Waals surface area contributed by atoms with Crippen LogP contribution in [0.2, 0.25) is 0 Å². The second-order valence-electron chi connectivity index (χ2n) is 15.5. The highest BCUT2D eigenvalue weighted by atomic mass is 15.2. The Morgan fingerprint density at radius 3 is 2.02 bits per heavy atom. The first-order chi connectivity index (χ1) is 23.2. The van der Waals surface area contributed by atoms with Crippen molar-refractivity contribution in [1.82, 2.24) is 0 Å². The van der Waals surface area contributed by atoms with Crippen LogP contribution in [0.25, 0.3) is 0 Å². The molecule has 0 N–H and O–H groups in total. The van der Waals surface area contributed by atoms with Crippen LogP contribution in [0.5, 0.6) is 0 Å². The van der Waals surface area contributed by atoms with Gasteiger partial charge in [0.25, 0.3) is 6.71 Å². The number of aryl methyl sites for hydroxylation is 2. The van der Waals surface area contributed by atoms with Gasteiger partial charge in [-0.25, -0.2) is 0 Å². The molecule has 3 aliphatic heterocycles. The number of rotatable bonds is 3. The molecule has 47 heavy (non-hydrogen) atoms. The monoisotopic (exact) mass is 608 g/mol. The maximum Gasteiger partial charge on any atom is 0.252 e. The third-order valence-corrected chi connectivity index (χ3v) is 13.5. The minimum atomic E-state index is 0.121. The van der Waals surface area contributed by atoms with Crippen molar-refractivity contribution >= 4 is 57.2 Å². The molecule has 0 saturated heterocycles. The largest absolute Gasteiger partial charge is 0.311 e. The van der Waals surface area contributed by atoms with Gasteiger partial charge >= 0.3 is 0 Å². The molecular formula is C44H41BN2. The van der Waals surface area contributed by atoms with E-state index in [4.69, 9.17) is 0 Å². The fraction of sp³-hybridized carbons (Fsp3) is 0.318. The number of hydrogen-bond acceptors (Lipinski definition) is 2. The minimum absolute atomic E-state index is 0.121. The fourth-order valence-corrected chi connectivity index (χ4v) is 12.0. The molecular weight excluding hydrogens is 567 g/mol. The Hall–Kier alpha value is -4.24. The molecule has 0 amide bonds. The van der Waals surface area contributed by atoms with Crippen molar-refractivity contribution in [2.45, 2.75) is 64.2 Å². The highest BCUT2D eigenvalue weighted by molar-refractivity contribution is 7.00. The van der Waals surface area contributed by atoms with Gasteiger partial charge in [0.05, 0.1) is 5.69 Å². The minimum Gasteiger partial charge on any atom is -0.311 e. The molecule has 0 aromatic heterocycles. The normalized spacial score (nSPS) is 26.6. The number of fused-ring (bicyclic) bond motifs is 6. The van der Waals surface area contributed by atoms with Crippen LogP contribution in [-0.2, 0) is 18.3 Å². The molecule has 7 aliphatic rings. The first kappa shape index (κ1) is 26.8. The van der Waals surface area contributed by atoms with Gasteiger partial charge in [0.1, 0.15) is 0 Å². The maximum atomic E-state index is 2.71. The second-order valence-corrected chi connectivity index (χ2v) is 15.5. The van der Waals surface area contributed by atoms with Gasteiger partial charge in [0.15, 0.2) is 0 Å². The van der Waals surface area contributed by atoms with Crippen LogP contribution in [0, 0.1) is 23.7 Å². The van der Waals surface area contributed by atoms with Crippen molar-refractivity contribution in [2.24, 2.45) is 23.7 Å². The average molecular weight is 609 g/mol. The highest BCUT2D eigenvalue weighted by Gasteiger charge is 2.62. The van der Waals surface area contributed by atoms with Gasteiger partial charge in [-0.05, 0) is 144 Å². The molecule has 3 heterocycles. The second kappa shape index (κ2) is 9.44. The lowest BCUT2D eigenvalue weighted by atomic mass is 9.32. The highest BCUT2D eigenvalue weighted by Crippen LogP contribution is 2.69. The summed E-state index contributed by atoms with van der Waals surface area (Å²) in [5.74, 6) is 3.36. The summed E-state index contributed by atoms with van der Waals surface area (Å²) in [5, 5.41) is 0. The zero-order valence-corrected chi connectivity index (χ0v) is 27.5. The summed E-state index contributed by atoms with van der Waals surface area (Å²) in [6.45, 7) is 4.76. The Labute approximate surface area is 279 Å². The van der Waals surface area contributed by atoms with Crippen LogP contribution >= 0.6 is 0 Å². The van der Waals surface area contributed by atoms with Crippen LogP contribution in [0.3, 0.4) is 0 Å². The van der Waals surface area contributed by atoms with Gasteiger partial charge in [-0.2, -0.15) is 0 Å². The first-order valence-corrected chi connectivity index (χ1v) is 18.4. The molecule has 2 nitrogen and oxygen atoms in total. The summed E-state index contributed by atoms with van der Waals surface area (Å²) in [5.41, 5.74) is 18.8. The van der Waals surface area contributed by atoms with Crippen LogP contribution in [-0.4, -0.2) is 6.71 Å². The van der Waals surface area contributed by atoms with E-state index in [0.29, 0.717) is 0 Å². The van der Waals surface area contributed by atoms with E-state index in [1.165, 1.54) is 93.7 Å². The molecule has 0 atom stereocenters. The van der Waals surface area contributed by atoms with E-state index >= 15 is 0 Å². The molecule has 4 bridgehead atoms. The molecule has 4 saturated carbocycles. The molecule has 0 radical (unpaired) electrons. The van der Waals surface area contributed by atoms with Gasteiger partial charge in [0, 0.05) is 33.9 Å². The number of para-hydroxylation sites is 2. The molecule has 0 unspecified atom stereocenters. The van der Waals surface area contributed by atoms with E-state index in [-0.39, 0.29) is 12.1 Å². The molecule has 5 aromatic rings. The van der Waals surface area contributed by atoms with Crippen molar-refractivity contribution in [2.75, 3.05) is 9.80 Å². The van der Waals surface area contributed by atoms with Crippen molar-refractivity contribution < 1.29 is 0 Å². The van der Waals surface area contributed by atoms with Crippen LogP contribution < -0.4 is 26.2 Å². The van der Waals surface area contributed by atoms with E-state index in [2.05, 4.69) is 127 Å². The van der Waals surface area contributed by atoms with Crippen LogP contribution in [0.4, 0.5) is 34.1 Å². The number of hydrogen-bond donors (Lipinski definition) is 0. The Morgan fingerprint density at radius 2 is 1.23 bits per heavy atom. The first-order valence-electron chi connectivity index (χ1n) is 18.4. The van der Waals surface area contributed by atoms with Gasteiger partial charge in [-0.3, -0.25) is 0 Å². The molecule has 12 rings (SSSR count). The zero-order valence-electron chi connectivity index (χ0n) is 27.5. The van der Waals surface area contributed by atoms with E-state index in [0.717, 1.165) is 36.5 Å². The standard InChI is InChI=1S/C44H41BN2/c1-3-27-10-7-11-33(25-27)46-39-19-18-28(4-2)26-37(39)45-36-14-8-13-35-43(36)47(41-17-9-16-40(46)42(41)45)38-15-6-5-12-34(38)44(35)31-21-29-20-30(23-31)24-32(44)22-29/h5-19,25-26,29-32H,3-4,20-24H2,1-2H3. The summed E-state index contributed by atoms with van der Waals surface area (Å²) in [6, 6.07) is 40.7. The zero-order chi connectivity index (χ0) is 31.0. The third kappa shape index (κ3) is 3.29. The third-order valence-electron chi connectivity index (χ3n) is 13.5. The van der Waals surface area contributed by atoms with E-state index in [9.17, 15) is 0 Å². The Morgan fingerprint density at radius 1 is 0.574 bits per heavy atom. The predicted molar refractivity (Wildman–Crippen MR) is 197 cm³/mol. The summed E-state index contributed by atoms with van der Waals surface area (Å²) in [4.78, 5) is 5.27. The molecule has 1 spiro atoms. The Bertz CT molecular complexity index is 2100. The molecule has 4 fully saturated rings. The Kier molecular flexibility index (Phi) is 5.38. The lowest BCUT2D eigenvalue weighted by Crippen LogP contribution is -2.64. The number of nitrogens with zero attached hydrogens (tertiary/aromatic N) is 2. The number of anilines is 6. The van der Waals surface area contributed by atoms with Crippen LogP contribution in [0.15, 0.2) is 103 Å². The van der Waals surface area contributed by atoms with E-state index < -0.39 is 0 Å². The summed E-state index contributed by atoms with van der Waals surface area (Å²) >= 11 is 0. The van der Waals surface area contributed by atoms with Gasteiger partial charge in [0.2, 0.25) is 0 Å². The SMILES string of the molecule is CCc1cccc(N2c3ccc(CC)cc3B3c4cccc5c4N(c4ccccc4C54C5CC6CC(C5)CC4C6)c4cccc2c43)c1. The van der Waals surface area contributed by atoms with Crippen molar-refractivity contribution in [3.63, 3.8) is 0 Å². The molecule has 3 heteroatoms. The van der Waals surface area contributed by atoms with Crippen molar-refractivity contribution in [3.8, 4) is 0 Å². The van der Waals surface area contributed by atoms with Crippen LogP contribution in [0.1, 0.15) is 68.2 Å². The lowest BCUT2D eigenvalue weighted by molar-refractivity contribution is -0.0419. The quantitative estimate of drug-likeness (QED) is 0.185. The maximum absolute atomic E-state index is 2.71. The lowest BCUT2D eigenvalue weighted by Gasteiger charge is -2.64. The number of benzene rings is 5. The summed E-state index contributed by atoms with van der Waals surface area (Å²) in [7, 11) is 0. The molecule has 5 aromatic carbocycles. The predicted octanol–water partition coefficient (Wildman–Crippen LogP) is 8.95. The fourth-order valence-electron chi connectivity index (χ4n) is 12.0. The van der Waals surface area contributed by atoms with Gasteiger partial charge in [-0.15, -0.1) is 0 Å². The van der Waals surface area contributed by atoms with Gasteiger partial charge < -0.3 is 9.80 Å². The van der Waals surface area contributed by atoms with Crippen molar-refractivity contribution in [1.29, 1.82) is 0 Å². The summed E-state index contributed by atoms with van der Waals surface area (Å²) in [6.07, 6.45) is 9.18. The van der Waals surface area contributed by atoms with E-state index in [1.54, 1.807) is 11.1 Å².